The molecule has 1 rings (SSSR count). The lowest BCUT2D eigenvalue weighted by Crippen LogP contribution is -2.37. The van der Waals surface area contributed by atoms with E-state index in [2.05, 4.69) is 0 Å². The number of rotatable bonds is 10. The highest BCUT2D eigenvalue weighted by Gasteiger charge is 2.22. The minimum absolute atomic E-state index is 0.0151. The molecule has 0 heterocycles. The van der Waals surface area contributed by atoms with Crippen LogP contribution < -0.4 is 4.31 Å². The molecule has 0 unspecified atom stereocenters. The molecule has 0 aliphatic rings. The van der Waals surface area contributed by atoms with Gasteiger partial charge in [0.25, 0.3) is 0 Å². The van der Waals surface area contributed by atoms with Crippen LogP contribution >= 0.6 is 0 Å². The molecule has 1 amide bonds. The molecule has 0 N–H and O–H groups in total. The summed E-state index contributed by atoms with van der Waals surface area (Å²) in [4.78, 5) is 14.3. The molecule has 0 radical (unpaired) electrons. The van der Waals surface area contributed by atoms with Crippen LogP contribution in [0.5, 0.6) is 0 Å². The topological polar surface area (TPSA) is 57.7 Å². The van der Waals surface area contributed by atoms with Crippen LogP contribution in [0.1, 0.15) is 45.6 Å². The normalized spacial score (nSPS) is 11.3. The van der Waals surface area contributed by atoms with Crippen molar-refractivity contribution in [2.45, 2.75) is 46.5 Å². The number of anilines is 1. The van der Waals surface area contributed by atoms with Gasteiger partial charge in [0.15, 0.2) is 0 Å². The highest BCUT2D eigenvalue weighted by molar-refractivity contribution is 7.92. The third-order valence-corrected chi connectivity index (χ3v) is 5.09. The number of para-hydroxylation sites is 1. The zero-order valence-corrected chi connectivity index (χ0v) is 16.1. The molecule has 0 saturated carbocycles. The molecule has 6 heteroatoms. The lowest BCUT2D eigenvalue weighted by molar-refractivity contribution is -0.131. The fourth-order valence-corrected chi connectivity index (χ4v) is 3.73. The van der Waals surface area contributed by atoms with Crippen molar-refractivity contribution in [2.75, 3.05) is 30.2 Å². The maximum Gasteiger partial charge on any atom is 0.232 e. The number of aryl methyl sites for hydroxylation is 1. The van der Waals surface area contributed by atoms with Gasteiger partial charge < -0.3 is 4.90 Å². The summed E-state index contributed by atoms with van der Waals surface area (Å²) in [6.07, 6.45) is 3.94. The van der Waals surface area contributed by atoms with E-state index in [0.29, 0.717) is 5.69 Å². The van der Waals surface area contributed by atoms with Gasteiger partial charge in [0, 0.05) is 26.1 Å². The van der Waals surface area contributed by atoms with Gasteiger partial charge >= 0.3 is 0 Å². The van der Waals surface area contributed by atoms with Crippen molar-refractivity contribution in [2.24, 2.45) is 0 Å². The molecule has 0 spiro atoms. The molecular formula is C18H30N2O3S. The average molecular weight is 355 g/mol. The number of carbonyl (C=O) groups is 1. The molecule has 24 heavy (non-hydrogen) atoms. The molecule has 1 aromatic carbocycles. The summed E-state index contributed by atoms with van der Waals surface area (Å²) in [5.74, 6) is 0.0151. The zero-order chi connectivity index (χ0) is 18.2. The Balaban J connectivity index is 2.94. The summed E-state index contributed by atoms with van der Waals surface area (Å²) in [5.41, 5.74) is 1.64. The third kappa shape index (κ3) is 5.82. The van der Waals surface area contributed by atoms with E-state index in [-0.39, 0.29) is 18.9 Å². The Morgan fingerprint density at radius 3 is 2.08 bits per heavy atom. The summed E-state index contributed by atoms with van der Waals surface area (Å²) in [6, 6.07) is 7.46. The Labute approximate surface area is 146 Å². The second-order valence-corrected chi connectivity index (χ2v) is 7.85. The minimum Gasteiger partial charge on any atom is -0.343 e. The number of nitrogens with zero attached hydrogens (tertiary/aromatic N) is 2. The van der Waals surface area contributed by atoms with Crippen LogP contribution in [0.25, 0.3) is 0 Å². The first-order valence-corrected chi connectivity index (χ1v) is 10.5. The van der Waals surface area contributed by atoms with Gasteiger partial charge in [-0.2, -0.15) is 0 Å². The molecule has 136 valence electrons. The smallest absolute Gasteiger partial charge is 0.232 e. The summed E-state index contributed by atoms with van der Waals surface area (Å²) < 4.78 is 25.8. The highest BCUT2D eigenvalue weighted by atomic mass is 32.2. The van der Waals surface area contributed by atoms with E-state index in [1.54, 1.807) is 6.07 Å². The zero-order valence-electron chi connectivity index (χ0n) is 15.3. The number of carbonyl (C=O) groups excluding carboxylic acids is 1. The van der Waals surface area contributed by atoms with Crippen molar-refractivity contribution in [3.05, 3.63) is 29.8 Å². The maximum atomic E-state index is 12.4. The van der Waals surface area contributed by atoms with Crippen LogP contribution in [0, 0.1) is 0 Å². The number of benzene rings is 1. The van der Waals surface area contributed by atoms with E-state index in [9.17, 15) is 13.2 Å². The van der Waals surface area contributed by atoms with Gasteiger partial charge in [-0.3, -0.25) is 9.10 Å². The van der Waals surface area contributed by atoms with Crippen LogP contribution in [-0.4, -0.2) is 45.1 Å². The van der Waals surface area contributed by atoms with E-state index < -0.39 is 10.0 Å². The Morgan fingerprint density at radius 1 is 1.00 bits per heavy atom. The predicted octanol–water partition coefficient (Wildman–Crippen LogP) is 3.05. The third-order valence-electron chi connectivity index (χ3n) is 3.91. The Morgan fingerprint density at radius 2 is 1.58 bits per heavy atom. The van der Waals surface area contributed by atoms with Crippen molar-refractivity contribution in [1.29, 1.82) is 0 Å². The highest BCUT2D eigenvalue weighted by Crippen LogP contribution is 2.23. The second kappa shape index (κ2) is 9.67. The lowest BCUT2D eigenvalue weighted by atomic mass is 10.1. The first kappa shape index (κ1) is 20.5. The number of hydrogen-bond acceptors (Lipinski definition) is 3. The molecule has 0 aromatic heterocycles. The van der Waals surface area contributed by atoms with E-state index in [0.717, 1.165) is 37.9 Å². The van der Waals surface area contributed by atoms with Crippen molar-refractivity contribution in [1.82, 2.24) is 4.90 Å². The number of sulfonamides is 1. The van der Waals surface area contributed by atoms with Crippen LogP contribution in [0.3, 0.4) is 0 Å². The van der Waals surface area contributed by atoms with Gasteiger partial charge in [-0.05, 0) is 30.9 Å². The largest absolute Gasteiger partial charge is 0.343 e. The molecule has 0 aliphatic carbocycles. The fourth-order valence-electron chi connectivity index (χ4n) is 2.77. The van der Waals surface area contributed by atoms with Crippen molar-refractivity contribution in [3.63, 3.8) is 0 Å². The van der Waals surface area contributed by atoms with Crippen LogP contribution in [0.15, 0.2) is 24.3 Å². The Hall–Kier alpha value is -1.56. The van der Waals surface area contributed by atoms with E-state index >= 15 is 0 Å². The van der Waals surface area contributed by atoms with E-state index in [4.69, 9.17) is 0 Å². The molecule has 0 fully saturated rings. The Bertz CT molecular complexity index is 623. The number of hydrogen-bond donors (Lipinski definition) is 0. The summed E-state index contributed by atoms with van der Waals surface area (Å²) in [7, 11) is -3.43. The summed E-state index contributed by atoms with van der Waals surface area (Å²) >= 11 is 0. The maximum absolute atomic E-state index is 12.4. The number of amides is 1. The van der Waals surface area contributed by atoms with E-state index in [1.165, 1.54) is 10.6 Å². The van der Waals surface area contributed by atoms with Crippen molar-refractivity contribution in [3.8, 4) is 0 Å². The SMILES string of the molecule is CCCN(CCC)C(=O)CCN(c1ccccc1CC)S(C)(=O)=O. The van der Waals surface area contributed by atoms with Crippen LogP contribution in [-0.2, 0) is 21.2 Å². The van der Waals surface area contributed by atoms with Gasteiger partial charge in [0.1, 0.15) is 0 Å². The van der Waals surface area contributed by atoms with Gasteiger partial charge in [-0.15, -0.1) is 0 Å². The molecule has 0 aliphatic heterocycles. The first-order chi connectivity index (χ1) is 11.3. The quantitative estimate of drug-likeness (QED) is 0.649. The van der Waals surface area contributed by atoms with Crippen molar-refractivity contribution < 1.29 is 13.2 Å². The van der Waals surface area contributed by atoms with Gasteiger partial charge in [0.05, 0.1) is 11.9 Å². The molecule has 0 bridgehead atoms. The fraction of sp³-hybridized carbons (Fsp3) is 0.611. The minimum atomic E-state index is -3.43. The molecule has 5 nitrogen and oxygen atoms in total. The summed E-state index contributed by atoms with van der Waals surface area (Å²) in [6.45, 7) is 7.69. The van der Waals surface area contributed by atoms with Gasteiger partial charge in [-0.25, -0.2) is 8.42 Å². The molecular weight excluding hydrogens is 324 g/mol. The monoisotopic (exact) mass is 354 g/mol. The van der Waals surface area contributed by atoms with E-state index in [1.807, 2.05) is 43.9 Å². The van der Waals surface area contributed by atoms with Crippen LogP contribution in [0.4, 0.5) is 5.69 Å². The molecule has 1 aromatic rings. The van der Waals surface area contributed by atoms with Crippen molar-refractivity contribution >= 4 is 21.6 Å². The lowest BCUT2D eigenvalue weighted by Gasteiger charge is -2.27. The molecule has 0 atom stereocenters. The second-order valence-electron chi connectivity index (χ2n) is 5.95. The standard InChI is InChI=1S/C18H30N2O3S/c1-5-13-19(14-6-2)18(21)12-15-20(24(4,22)23)17-11-9-8-10-16(17)7-3/h8-11H,5-7,12-15H2,1-4H3. The Kier molecular flexibility index (Phi) is 8.25. The summed E-state index contributed by atoms with van der Waals surface area (Å²) in [5, 5.41) is 0. The molecule has 0 saturated heterocycles. The predicted molar refractivity (Wildman–Crippen MR) is 99.8 cm³/mol. The van der Waals surface area contributed by atoms with Gasteiger partial charge in [-0.1, -0.05) is 39.0 Å². The van der Waals surface area contributed by atoms with Crippen LogP contribution in [0.2, 0.25) is 0 Å². The first-order valence-electron chi connectivity index (χ1n) is 8.68. The van der Waals surface area contributed by atoms with Gasteiger partial charge in [0.2, 0.25) is 15.9 Å². The average Bonchev–Trinajstić information content (AvgIpc) is 2.53.